The van der Waals surface area contributed by atoms with Crippen LogP contribution in [0, 0.1) is 0 Å². The molecular weight excluding hydrogens is 412 g/mol. The van der Waals surface area contributed by atoms with Gasteiger partial charge >= 0.3 is 6.72 Å². The number of nitrogen functional groups attached to an aromatic ring is 1. The summed E-state index contributed by atoms with van der Waals surface area (Å²) in [5.41, 5.74) is 6.67. The fourth-order valence-electron chi connectivity index (χ4n) is 2.53. The largest absolute Gasteiger partial charge is 0.382 e. The van der Waals surface area contributed by atoms with Gasteiger partial charge in [0, 0.05) is 6.42 Å². The Bertz CT molecular complexity index is 846. The zero-order valence-electron chi connectivity index (χ0n) is 12.5. The van der Waals surface area contributed by atoms with Crippen LogP contribution in [-0.4, -0.2) is 53.0 Å². The predicted octanol–water partition coefficient (Wildman–Crippen LogP) is -0.195. The number of aromatic nitrogens is 4. The molecule has 0 saturated carbocycles. The van der Waals surface area contributed by atoms with Gasteiger partial charge in [-0.15, -0.1) is 0 Å². The Morgan fingerprint density at radius 2 is 2.20 bits per heavy atom. The maximum absolute atomic E-state index is 9.41. The van der Waals surface area contributed by atoms with Crippen LogP contribution in [0.25, 0.3) is 11.2 Å². The van der Waals surface area contributed by atoms with Gasteiger partial charge in [-0.05, 0) is 23.6 Å². The molecule has 1 fully saturated rings. The van der Waals surface area contributed by atoms with Crippen LogP contribution in [0.5, 0.6) is 0 Å². The highest BCUT2D eigenvalue weighted by atomic mass is 32.5. The zero-order chi connectivity index (χ0) is 18.2. The summed E-state index contributed by atoms with van der Waals surface area (Å²) in [7, 11) is -2.41. The summed E-state index contributed by atoms with van der Waals surface area (Å²) in [6.07, 6.45) is 1.25. The molecule has 4 atom stereocenters. The number of nitrogens with two attached hydrogens (primary N) is 1. The summed E-state index contributed by atoms with van der Waals surface area (Å²) in [6, 6.07) is 0. The second kappa shape index (κ2) is 7.57. The standard InChI is InChI=1S/C10H15N5O6P2S2/c11-9-8-10(13-3-12-9)15(4-14-8)7-1-5(21-22(16)24)6(20-7)2-19-23(17,18)25/h3-7,22H,1-2H2,(H,16,24)(H2,11,12,13)(H2,17,18,25)/t5-,6+,7+/m0/s1. The van der Waals surface area contributed by atoms with Crippen molar-refractivity contribution in [2.45, 2.75) is 24.9 Å². The van der Waals surface area contributed by atoms with E-state index in [2.05, 4.69) is 26.8 Å². The molecule has 138 valence electrons. The normalized spacial score (nSPS) is 25.5. The monoisotopic (exact) mass is 427 g/mol. The molecule has 3 heterocycles. The minimum Gasteiger partial charge on any atom is -0.382 e. The molecule has 2 aromatic heterocycles. The average Bonchev–Trinajstić information content (AvgIpc) is 3.08. The minimum absolute atomic E-state index is 0.223. The molecule has 3 rings (SSSR count). The van der Waals surface area contributed by atoms with Gasteiger partial charge in [-0.3, -0.25) is 4.57 Å². The van der Waals surface area contributed by atoms with Crippen LogP contribution in [0.3, 0.4) is 0 Å². The van der Waals surface area contributed by atoms with Gasteiger partial charge < -0.3 is 34.2 Å². The lowest BCUT2D eigenvalue weighted by atomic mass is 10.2. The van der Waals surface area contributed by atoms with Crippen molar-refractivity contribution in [2.75, 3.05) is 12.3 Å². The highest BCUT2D eigenvalue weighted by molar-refractivity contribution is 8.06. The minimum atomic E-state index is -3.84. The van der Waals surface area contributed by atoms with Crippen LogP contribution < -0.4 is 5.73 Å². The maximum atomic E-state index is 9.41. The Morgan fingerprint density at radius 1 is 1.44 bits per heavy atom. The summed E-state index contributed by atoms with van der Waals surface area (Å²) in [5, 5.41) is 0. The third kappa shape index (κ3) is 4.58. The van der Waals surface area contributed by atoms with E-state index in [1.54, 1.807) is 4.57 Å². The van der Waals surface area contributed by atoms with E-state index in [1.807, 2.05) is 0 Å². The van der Waals surface area contributed by atoms with E-state index in [1.165, 1.54) is 12.7 Å². The number of rotatable bonds is 6. The Morgan fingerprint density at radius 3 is 2.88 bits per heavy atom. The van der Waals surface area contributed by atoms with E-state index in [4.69, 9.17) is 31.3 Å². The summed E-state index contributed by atoms with van der Waals surface area (Å²) >= 11 is 9.16. The molecule has 0 aliphatic carbocycles. The van der Waals surface area contributed by atoms with Crippen LogP contribution in [0.15, 0.2) is 12.7 Å². The summed E-state index contributed by atoms with van der Waals surface area (Å²) in [6.45, 7) is -4.07. The summed E-state index contributed by atoms with van der Waals surface area (Å²) in [4.78, 5) is 40.0. The average molecular weight is 427 g/mol. The Balaban J connectivity index is 1.83. The zero-order valence-corrected chi connectivity index (χ0v) is 16.0. The quantitative estimate of drug-likeness (QED) is 0.451. The van der Waals surface area contributed by atoms with Gasteiger partial charge in [-0.25, -0.2) is 15.0 Å². The Labute approximate surface area is 152 Å². The fourth-order valence-corrected chi connectivity index (χ4v) is 3.93. The van der Waals surface area contributed by atoms with Crippen LogP contribution in [-0.2, 0) is 37.4 Å². The molecule has 15 heteroatoms. The number of fused-ring (bicyclic) bond motifs is 1. The first-order chi connectivity index (χ1) is 11.7. The van der Waals surface area contributed by atoms with Gasteiger partial charge in [0.15, 0.2) is 18.6 Å². The Kier molecular flexibility index (Phi) is 5.81. The number of hydrogen-bond donors (Lipinski definition) is 4. The van der Waals surface area contributed by atoms with E-state index in [0.29, 0.717) is 17.6 Å². The molecule has 5 N–H and O–H groups in total. The molecular formula is C10H15N5O6P2S2. The second-order valence-electron chi connectivity index (χ2n) is 5.16. The molecule has 0 amide bonds. The number of hydrogen-bond acceptors (Lipinski definition) is 9. The molecule has 0 bridgehead atoms. The molecule has 1 saturated heterocycles. The molecule has 0 aromatic carbocycles. The molecule has 0 spiro atoms. The molecule has 11 nitrogen and oxygen atoms in total. The SMILES string of the molecule is Nc1ncnc2c1ncn2[C@H]1C[C@H](O[PH](O)=S)[C@@H](COP(O)(O)=S)O1. The smallest absolute Gasteiger partial charge is 0.321 e. The molecule has 0 radical (unpaired) electrons. The Hall–Kier alpha value is -0.590. The predicted molar refractivity (Wildman–Crippen MR) is 95.7 cm³/mol. The van der Waals surface area contributed by atoms with Crippen molar-refractivity contribution < 1.29 is 28.5 Å². The molecule has 1 aliphatic heterocycles. The first-order valence-corrected chi connectivity index (χ1v) is 12.0. The van der Waals surface area contributed by atoms with E-state index >= 15 is 0 Å². The highest BCUT2D eigenvalue weighted by Crippen LogP contribution is 2.41. The van der Waals surface area contributed by atoms with Gasteiger partial charge in [-0.2, -0.15) is 0 Å². The van der Waals surface area contributed by atoms with Crippen molar-refractivity contribution in [3.05, 3.63) is 12.7 Å². The number of imidazole rings is 1. The van der Waals surface area contributed by atoms with Gasteiger partial charge in [0.25, 0.3) is 0 Å². The van der Waals surface area contributed by atoms with E-state index < -0.39 is 32.3 Å². The summed E-state index contributed by atoms with van der Waals surface area (Å²) < 4.78 is 17.7. The molecule has 25 heavy (non-hydrogen) atoms. The summed E-state index contributed by atoms with van der Waals surface area (Å²) in [5.74, 6) is 0.238. The number of nitrogens with zero attached hydrogens (tertiary/aromatic N) is 4. The first kappa shape index (κ1) is 19.2. The van der Waals surface area contributed by atoms with E-state index in [0.717, 1.165) is 0 Å². The fraction of sp³-hybridized carbons (Fsp3) is 0.500. The van der Waals surface area contributed by atoms with Crippen LogP contribution in [0.2, 0.25) is 0 Å². The number of anilines is 1. The van der Waals surface area contributed by atoms with Crippen LogP contribution in [0.1, 0.15) is 12.6 Å². The van der Waals surface area contributed by atoms with Gasteiger partial charge in [-0.1, -0.05) is 0 Å². The lowest BCUT2D eigenvalue weighted by Gasteiger charge is -2.19. The third-order valence-corrected chi connectivity index (χ3v) is 5.13. The van der Waals surface area contributed by atoms with Crippen molar-refractivity contribution in [3.63, 3.8) is 0 Å². The molecule has 2 aromatic rings. The lowest BCUT2D eigenvalue weighted by Crippen LogP contribution is -2.27. The third-order valence-electron chi connectivity index (χ3n) is 3.54. The number of ether oxygens (including phenoxy) is 1. The van der Waals surface area contributed by atoms with Gasteiger partial charge in [0.1, 0.15) is 24.2 Å². The van der Waals surface area contributed by atoms with Gasteiger partial charge in [0.2, 0.25) is 0 Å². The van der Waals surface area contributed by atoms with Crippen molar-refractivity contribution in [1.82, 2.24) is 19.5 Å². The van der Waals surface area contributed by atoms with Crippen molar-refractivity contribution in [1.29, 1.82) is 0 Å². The van der Waals surface area contributed by atoms with Crippen molar-refractivity contribution >= 4 is 54.5 Å². The second-order valence-corrected chi connectivity index (χ2v) is 9.64. The van der Waals surface area contributed by atoms with Crippen LogP contribution in [0.4, 0.5) is 5.82 Å². The van der Waals surface area contributed by atoms with Crippen molar-refractivity contribution in [2.24, 2.45) is 0 Å². The first-order valence-electron chi connectivity index (χ1n) is 6.92. The van der Waals surface area contributed by atoms with Crippen LogP contribution >= 0.6 is 13.9 Å². The lowest BCUT2D eigenvalue weighted by molar-refractivity contribution is -0.0352. The maximum Gasteiger partial charge on any atom is 0.321 e. The highest BCUT2D eigenvalue weighted by Gasteiger charge is 2.39. The van der Waals surface area contributed by atoms with Gasteiger partial charge in [0.05, 0.1) is 19.0 Å². The van der Waals surface area contributed by atoms with E-state index in [9.17, 15) is 14.7 Å². The molecule has 1 unspecified atom stereocenters. The molecule has 1 aliphatic rings. The van der Waals surface area contributed by atoms with Crippen molar-refractivity contribution in [3.8, 4) is 0 Å². The topological polar surface area (TPSA) is 158 Å². The van der Waals surface area contributed by atoms with E-state index in [-0.39, 0.29) is 12.4 Å².